The minimum atomic E-state index is -0.173. The van der Waals surface area contributed by atoms with Gasteiger partial charge >= 0.3 is 0 Å². The van der Waals surface area contributed by atoms with Gasteiger partial charge in [-0.3, -0.25) is 9.78 Å². The van der Waals surface area contributed by atoms with E-state index in [1.165, 1.54) is 5.56 Å². The van der Waals surface area contributed by atoms with Crippen molar-refractivity contribution in [3.63, 3.8) is 0 Å². The fraction of sp³-hybridized carbons (Fsp3) is 0.455. The van der Waals surface area contributed by atoms with Crippen molar-refractivity contribution in [1.29, 1.82) is 0 Å². The number of piperidine rings is 1. The van der Waals surface area contributed by atoms with Gasteiger partial charge in [0.15, 0.2) is 0 Å². The molecule has 158 valence electrons. The summed E-state index contributed by atoms with van der Waals surface area (Å²) in [6.45, 7) is 5.11. The molecular formula is C22H29Cl2N3O2. The molecule has 1 aromatic heterocycles. The van der Waals surface area contributed by atoms with Gasteiger partial charge in [0.1, 0.15) is 0 Å². The van der Waals surface area contributed by atoms with Gasteiger partial charge in [-0.1, -0.05) is 24.3 Å². The molecule has 5 nitrogen and oxygen atoms in total. The second kappa shape index (κ2) is 10.9. The Balaban J connectivity index is 0.00000150. The van der Waals surface area contributed by atoms with Crippen LogP contribution in [-0.2, 0) is 11.2 Å². The minimum absolute atomic E-state index is 0. The number of halogens is 2. The van der Waals surface area contributed by atoms with Crippen molar-refractivity contribution in [1.82, 2.24) is 14.8 Å². The van der Waals surface area contributed by atoms with Gasteiger partial charge in [-0.05, 0) is 43.0 Å². The molecule has 29 heavy (non-hydrogen) atoms. The maximum absolute atomic E-state index is 12.8. The van der Waals surface area contributed by atoms with Crippen molar-refractivity contribution in [2.45, 2.75) is 24.9 Å². The molecule has 0 atom stereocenters. The normalized spacial score (nSPS) is 18.6. The molecule has 2 aromatic rings. The number of hydrogen-bond donors (Lipinski definition) is 0. The Morgan fingerprint density at radius 3 is 2.48 bits per heavy atom. The van der Waals surface area contributed by atoms with E-state index in [0.29, 0.717) is 19.7 Å². The van der Waals surface area contributed by atoms with Gasteiger partial charge in [0.2, 0.25) is 0 Å². The van der Waals surface area contributed by atoms with Crippen molar-refractivity contribution < 1.29 is 9.53 Å². The highest BCUT2D eigenvalue weighted by Crippen LogP contribution is 2.30. The third kappa shape index (κ3) is 5.92. The van der Waals surface area contributed by atoms with Crippen LogP contribution < -0.4 is 0 Å². The molecule has 1 aromatic carbocycles. The van der Waals surface area contributed by atoms with Crippen LogP contribution in [0.5, 0.6) is 0 Å². The Kier molecular flexibility index (Phi) is 8.90. The van der Waals surface area contributed by atoms with Crippen LogP contribution in [0.3, 0.4) is 0 Å². The van der Waals surface area contributed by atoms with E-state index < -0.39 is 0 Å². The summed E-state index contributed by atoms with van der Waals surface area (Å²) in [5, 5.41) is 0. The van der Waals surface area contributed by atoms with Crippen molar-refractivity contribution >= 4 is 30.7 Å². The van der Waals surface area contributed by atoms with Gasteiger partial charge < -0.3 is 14.5 Å². The first kappa shape index (κ1) is 23.6. The third-order valence-corrected chi connectivity index (χ3v) is 5.76. The van der Waals surface area contributed by atoms with Crippen LogP contribution in [0.25, 0.3) is 0 Å². The highest BCUT2D eigenvalue weighted by Gasteiger charge is 2.40. The molecule has 2 aliphatic heterocycles. The second-order valence-corrected chi connectivity index (χ2v) is 7.58. The van der Waals surface area contributed by atoms with Crippen molar-refractivity contribution in [3.8, 4) is 0 Å². The molecule has 0 unspecified atom stereocenters. The van der Waals surface area contributed by atoms with E-state index in [1.54, 1.807) is 0 Å². The molecule has 0 bridgehead atoms. The summed E-state index contributed by atoms with van der Waals surface area (Å²) in [6.07, 6.45) is 6.76. The van der Waals surface area contributed by atoms with E-state index in [2.05, 4.69) is 16.0 Å². The summed E-state index contributed by atoms with van der Waals surface area (Å²) < 4.78 is 6.20. The molecule has 0 aliphatic carbocycles. The van der Waals surface area contributed by atoms with Crippen LogP contribution in [0.15, 0.2) is 54.9 Å². The average molecular weight is 438 g/mol. The van der Waals surface area contributed by atoms with Crippen molar-refractivity contribution in [2.24, 2.45) is 0 Å². The lowest BCUT2D eigenvalue weighted by atomic mass is 9.89. The molecule has 0 saturated carbocycles. The molecule has 4 rings (SSSR count). The van der Waals surface area contributed by atoms with E-state index in [0.717, 1.165) is 44.5 Å². The fourth-order valence-electron chi connectivity index (χ4n) is 4.10. The third-order valence-electron chi connectivity index (χ3n) is 5.76. The molecule has 7 heteroatoms. The lowest BCUT2D eigenvalue weighted by Crippen LogP contribution is -2.58. The Morgan fingerprint density at radius 1 is 1.03 bits per heavy atom. The number of likely N-dealkylation sites (tertiary alicyclic amines) is 1. The Morgan fingerprint density at radius 2 is 1.79 bits per heavy atom. The monoisotopic (exact) mass is 437 g/mol. The van der Waals surface area contributed by atoms with Crippen LogP contribution in [0.2, 0.25) is 0 Å². The van der Waals surface area contributed by atoms with E-state index in [4.69, 9.17) is 4.74 Å². The predicted octanol–water partition coefficient (Wildman–Crippen LogP) is 3.47. The molecule has 2 aliphatic rings. The second-order valence-electron chi connectivity index (χ2n) is 7.58. The Labute approximate surface area is 185 Å². The molecule has 1 spiro atoms. The summed E-state index contributed by atoms with van der Waals surface area (Å²) in [5.41, 5.74) is 1.88. The molecule has 0 radical (unpaired) electrons. The van der Waals surface area contributed by atoms with Crippen molar-refractivity contribution in [2.75, 3.05) is 39.3 Å². The number of benzene rings is 1. The van der Waals surface area contributed by atoms with E-state index in [-0.39, 0.29) is 36.3 Å². The van der Waals surface area contributed by atoms with Crippen molar-refractivity contribution in [3.05, 3.63) is 66.0 Å². The first-order valence-electron chi connectivity index (χ1n) is 9.84. The minimum Gasteiger partial charge on any atom is -0.371 e. The summed E-state index contributed by atoms with van der Waals surface area (Å²) in [6, 6.07) is 13.7. The van der Waals surface area contributed by atoms with Crippen LogP contribution in [0.1, 0.15) is 28.8 Å². The van der Waals surface area contributed by atoms with Crippen LogP contribution in [-0.4, -0.2) is 65.6 Å². The molecule has 0 N–H and O–H groups in total. The van der Waals surface area contributed by atoms with Gasteiger partial charge in [-0.2, -0.15) is 0 Å². The smallest absolute Gasteiger partial charge is 0.254 e. The number of amides is 1. The molecule has 2 saturated heterocycles. The zero-order chi connectivity index (χ0) is 18.5. The number of aromatic nitrogens is 1. The number of rotatable bonds is 4. The first-order chi connectivity index (χ1) is 13.2. The molecule has 1 amide bonds. The highest BCUT2D eigenvalue weighted by molar-refractivity contribution is 5.94. The molecule has 3 heterocycles. The Hall–Kier alpha value is -1.66. The van der Waals surface area contributed by atoms with Gasteiger partial charge in [0.05, 0.1) is 18.8 Å². The number of ether oxygens (including phenoxy) is 1. The van der Waals surface area contributed by atoms with Gasteiger partial charge in [-0.15, -0.1) is 24.8 Å². The SMILES string of the molecule is Cl.Cl.O=C(c1ccccc1)N1CCOC2(CCN(CCc3cccnc3)CC2)C1. The van der Waals surface area contributed by atoms with E-state index in [9.17, 15) is 4.79 Å². The fourth-order valence-corrected chi connectivity index (χ4v) is 4.10. The summed E-state index contributed by atoms with van der Waals surface area (Å²) in [5.74, 6) is 0.122. The van der Waals surface area contributed by atoms with Crippen LogP contribution in [0.4, 0.5) is 0 Å². The number of carbonyl (C=O) groups is 1. The van der Waals surface area contributed by atoms with Gasteiger partial charge in [-0.25, -0.2) is 0 Å². The molecule has 2 fully saturated rings. The topological polar surface area (TPSA) is 45.7 Å². The highest BCUT2D eigenvalue weighted by atomic mass is 35.5. The molecular weight excluding hydrogens is 409 g/mol. The standard InChI is InChI=1S/C22H27N3O2.2ClH/c26-21(20-6-2-1-3-7-20)25-15-16-27-22(18-25)9-13-24(14-10-22)12-8-19-5-4-11-23-17-19;;/h1-7,11,17H,8-10,12-16,18H2;2*1H. The first-order valence-corrected chi connectivity index (χ1v) is 9.84. The van der Waals surface area contributed by atoms with Gasteiger partial charge in [0, 0.05) is 44.1 Å². The maximum Gasteiger partial charge on any atom is 0.254 e. The zero-order valence-corrected chi connectivity index (χ0v) is 18.2. The number of carbonyl (C=O) groups excluding carboxylic acids is 1. The van der Waals surface area contributed by atoms with Crippen LogP contribution >= 0.6 is 24.8 Å². The van der Waals surface area contributed by atoms with E-state index in [1.807, 2.05) is 53.7 Å². The number of pyridine rings is 1. The lowest BCUT2D eigenvalue weighted by Gasteiger charge is -2.47. The Bertz CT molecular complexity index is 753. The van der Waals surface area contributed by atoms with Gasteiger partial charge in [0.25, 0.3) is 5.91 Å². The quantitative estimate of drug-likeness (QED) is 0.734. The average Bonchev–Trinajstić information content (AvgIpc) is 2.74. The largest absolute Gasteiger partial charge is 0.371 e. The number of nitrogens with zero attached hydrogens (tertiary/aromatic N) is 3. The summed E-state index contributed by atoms with van der Waals surface area (Å²) in [4.78, 5) is 21.5. The van der Waals surface area contributed by atoms with Crippen LogP contribution in [0, 0.1) is 0 Å². The number of morpholine rings is 1. The number of hydrogen-bond acceptors (Lipinski definition) is 4. The summed E-state index contributed by atoms with van der Waals surface area (Å²) >= 11 is 0. The maximum atomic E-state index is 12.8. The predicted molar refractivity (Wildman–Crippen MR) is 119 cm³/mol. The van der Waals surface area contributed by atoms with E-state index >= 15 is 0 Å². The lowest BCUT2D eigenvalue weighted by molar-refractivity contribution is -0.127. The summed E-state index contributed by atoms with van der Waals surface area (Å²) in [7, 11) is 0. The zero-order valence-electron chi connectivity index (χ0n) is 16.5.